The van der Waals surface area contributed by atoms with E-state index in [2.05, 4.69) is 51.4 Å². The van der Waals surface area contributed by atoms with E-state index in [0.29, 0.717) is 12.0 Å². The number of hydrogen-bond acceptors (Lipinski definition) is 4. The van der Waals surface area contributed by atoms with Gasteiger partial charge in [-0.25, -0.2) is 0 Å². The Bertz CT molecular complexity index is 360. The second-order valence-electron chi connectivity index (χ2n) is 6.72. The average molecular weight is 239 g/mol. The first-order valence-electron chi connectivity index (χ1n) is 6.41. The van der Waals surface area contributed by atoms with Crippen molar-refractivity contribution in [3.8, 4) is 0 Å². The van der Waals surface area contributed by atoms with E-state index in [4.69, 9.17) is 10.5 Å². The molecule has 0 saturated carbocycles. The third kappa shape index (κ3) is 1.65. The van der Waals surface area contributed by atoms with Gasteiger partial charge in [0.05, 0.1) is 23.3 Å². The fourth-order valence-electron chi connectivity index (χ4n) is 3.70. The van der Waals surface area contributed by atoms with Crippen LogP contribution in [0.15, 0.2) is 4.99 Å². The van der Waals surface area contributed by atoms with Gasteiger partial charge in [-0.1, -0.05) is 0 Å². The van der Waals surface area contributed by atoms with E-state index in [1.807, 2.05) is 0 Å². The number of nitrogens with two attached hydrogens (primary N) is 1. The smallest absolute Gasteiger partial charge is 0.192 e. The van der Waals surface area contributed by atoms with Crippen LogP contribution in [0.2, 0.25) is 0 Å². The van der Waals surface area contributed by atoms with Crippen molar-refractivity contribution in [1.29, 1.82) is 0 Å². The number of guanidine groups is 1. The van der Waals surface area contributed by atoms with Gasteiger partial charge in [0.25, 0.3) is 0 Å². The molecule has 2 aliphatic rings. The van der Waals surface area contributed by atoms with E-state index in [-0.39, 0.29) is 16.7 Å². The van der Waals surface area contributed by atoms with Gasteiger partial charge < -0.3 is 15.4 Å². The molecule has 0 aliphatic carbocycles. The zero-order valence-corrected chi connectivity index (χ0v) is 11.9. The van der Waals surface area contributed by atoms with Crippen molar-refractivity contribution in [1.82, 2.24) is 4.90 Å². The third-order valence-electron chi connectivity index (χ3n) is 4.10. The molecule has 1 atom stereocenters. The van der Waals surface area contributed by atoms with Gasteiger partial charge in [0.1, 0.15) is 0 Å². The fraction of sp³-hybridized carbons (Fsp3) is 0.923. The lowest BCUT2D eigenvalue weighted by Gasteiger charge is -2.46. The lowest BCUT2D eigenvalue weighted by Crippen LogP contribution is -2.62. The Balaban J connectivity index is 2.43. The highest BCUT2D eigenvalue weighted by Crippen LogP contribution is 2.50. The Kier molecular flexibility index (Phi) is 2.52. The minimum absolute atomic E-state index is 0.0885. The maximum Gasteiger partial charge on any atom is 0.192 e. The first-order chi connectivity index (χ1) is 7.61. The summed E-state index contributed by atoms with van der Waals surface area (Å²) in [6.07, 6.45) is 0.968. The van der Waals surface area contributed by atoms with E-state index in [1.54, 1.807) is 0 Å². The summed E-state index contributed by atoms with van der Waals surface area (Å²) < 4.78 is 6.23. The van der Waals surface area contributed by atoms with Crippen molar-refractivity contribution in [3.63, 3.8) is 0 Å². The van der Waals surface area contributed by atoms with Crippen molar-refractivity contribution in [2.24, 2.45) is 10.7 Å². The minimum Gasteiger partial charge on any atom is -0.370 e. The number of rotatable bonds is 1. The van der Waals surface area contributed by atoms with Gasteiger partial charge in [0.15, 0.2) is 5.96 Å². The van der Waals surface area contributed by atoms with Crippen LogP contribution >= 0.6 is 0 Å². The molecule has 2 heterocycles. The second-order valence-corrected chi connectivity index (χ2v) is 6.72. The molecule has 1 spiro atoms. The molecule has 2 N–H and O–H groups in total. The van der Waals surface area contributed by atoms with Gasteiger partial charge in [0.2, 0.25) is 0 Å². The number of aliphatic imine (C=N–C) groups is 1. The summed E-state index contributed by atoms with van der Waals surface area (Å²) in [4.78, 5) is 6.73. The number of ether oxygens (including phenoxy) is 1. The predicted molar refractivity (Wildman–Crippen MR) is 70.1 cm³/mol. The molecule has 4 heteroatoms. The monoisotopic (exact) mass is 239 g/mol. The van der Waals surface area contributed by atoms with Gasteiger partial charge in [-0.3, -0.25) is 4.99 Å². The molecule has 2 aliphatic heterocycles. The Labute approximate surface area is 104 Å². The summed E-state index contributed by atoms with van der Waals surface area (Å²) in [6.45, 7) is 13.7. The molecule has 4 nitrogen and oxygen atoms in total. The Morgan fingerprint density at radius 1 is 1.29 bits per heavy atom. The van der Waals surface area contributed by atoms with Gasteiger partial charge >= 0.3 is 0 Å². The van der Waals surface area contributed by atoms with E-state index in [9.17, 15) is 0 Å². The summed E-state index contributed by atoms with van der Waals surface area (Å²) in [5.41, 5.74) is 5.63. The molecule has 1 saturated heterocycles. The topological polar surface area (TPSA) is 50.8 Å². The summed E-state index contributed by atoms with van der Waals surface area (Å²) in [5.74, 6) is 0.661. The lowest BCUT2D eigenvalue weighted by molar-refractivity contribution is -0.0942. The molecule has 1 unspecified atom stereocenters. The molecule has 0 radical (unpaired) electrons. The first-order valence-corrected chi connectivity index (χ1v) is 6.41. The third-order valence-corrected chi connectivity index (χ3v) is 4.10. The van der Waals surface area contributed by atoms with Crippen LogP contribution < -0.4 is 5.73 Å². The van der Waals surface area contributed by atoms with Crippen LogP contribution in [0, 0.1) is 0 Å². The van der Waals surface area contributed by atoms with E-state index in [0.717, 1.165) is 13.0 Å². The fourth-order valence-corrected chi connectivity index (χ4v) is 3.70. The summed E-state index contributed by atoms with van der Waals surface area (Å²) in [7, 11) is 0. The largest absolute Gasteiger partial charge is 0.370 e. The van der Waals surface area contributed by atoms with E-state index >= 15 is 0 Å². The molecule has 0 bridgehead atoms. The van der Waals surface area contributed by atoms with Crippen molar-refractivity contribution in [2.75, 3.05) is 6.54 Å². The molecular formula is C13H25N3O. The van der Waals surface area contributed by atoms with Crippen molar-refractivity contribution >= 4 is 5.96 Å². The molecule has 0 aromatic rings. The van der Waals surface area contributed by atoms with Crippen LogP contribution in [0.5, 0.6) is 0 Å². The van der Waals surface area contributed by atoms with Gasteiger partial charge in [-0.05, 0) is 41.5 Å². The highest BCUT2D eigenvalue weighted by molar-refractivity contribution is 5.81. The Hall–Kier alpha value is -0.770. The quantitative estimate of drug-likeness (QED) is 0.758. The van der Waals surface area contributed by atoms with Crippen LogP contribution in [-0.4, -0.2) is 40.2 Å². The first kappa shape index (κ1) is 12.7. The van der Waals surface area contributed by atoms with Crippen LogP contribution in [0.25, 0.3) is 0 Å². The Morgan fingerprint density at radius 2 is 1.88 bits per heavy atom. The maximum atomic E-state index is 6.23. The molecule has 2 rings (SSSR count). The zero-order chi connectivity index (χ0) is 13.1. The predicted octanol–water partition coefficient (Wildman–Crippen LogP) is 1.74. The minimum atomic E-state index is -0.231. The molecule has 1 fully saturated rings. The highest BCUT2D eigenvalue weighted by Gasteiger charge is 2.62. The average Bonchev–Trinajstić information content (AvgIpc) is 2.48. The van der Waals surface area contributed by atoms with Crippen LogP contribution in [0.4, 0.5) is 0 Å². The van der Waals surface area contributed by atoms with Crippen molar-refractivity contribution in [3.05, 3.63) is 0 Å². The Morgan fingerprint density at radius 3 is 2.29 bits per heavy atom. The van der Waals surface area contributed by atoms with Crippen molar-refractivity contribution < 1.29 is 4.74 Å². The van der Waals surface area contributed by atoms with Crippen LogP contribution in [0.1, 0.15) is 48.0 Å². The molecule has 0 aromatic carbocycles. The summed E-state index contributed by atoms with van der Waals surface area (Å²) >= 11 is 0. The second kappa shape index (κ2) is 3.37. The molecule has 98 valence electrons. The molecule has 0 aromatic heterocycles. The van der Waals surface area contributed by atoms with E-state index in [1.165, 1.54) is 0 Å². The molecule has 0 amide bonds. The van der Waals surface area contributed by atoms with Gasteiger partial charge in [-0.2, -0.15) is 0 Å². The molecular weight excluding hydrogens is 214 g/mol. The maximum absolute atomic E-state index is 6.23. The standard InChI is InChI=1S/C13H25N3O/c1-9(2)16-10(14)15-8-13(16)7-11(3,4)17-12(13,5)6/h9H,7-8H2,1-6H3,(H2,14,15). The number of nitrogens with zero attached hydrogens (tertiary/aromatic N) is 2. The number of hydrogen-bond donors (Lipinski definition) is 1. The normalized spacial score (nSPS) is 34.8. The van der Waals surface area contributed by atoms with Gasteiger partial charge in [0, 0.05) is 12.5 Å². The van der Waals surface area contributed by atoms with Crippen LogP contribution in [-0.2, 0) is 4.74 Å². The van der Waals surface area contributed by atoms with Gasteiger partial charge in [-0.15, -0.1) is 0 Å². The van der Waals surface area contributed by atoms with E-state index < -0.39 is 0 Å². The van der Waals surface area contributed by atoms with Crippen LogP contribution in [0.3, 0.4) is 0 Å². The highest BCUT2D eigenvalue weighted by atomic mass is 16.5. The summed E-state index contributed by atoms with van der Waals surface area (Å²) in [5, 5.41) is 0. The lowest BCUT2D eigenvalue weighted by atomic mass is 9.77. The summed E-state index contributed by atoms with van der Waals surface area (Å²) in [6, 6.07) is 0.345. The molecule has 17 heavy (non-hydrogen) atoms. The zero-order valence-electron chi connectivity index (χ0n) is 11.9. The van der Waals surface area contributed by atoms with Crippen molar-refractivity contribution in [2.45, 2.75) is 70.7 Å². The SMILES string of the molecule is CC(C)N1C(N)=NCC12CC(C)(C)OC2(C)C.